The molecule has 0 saturated carbocycles. The number of rotatable bonds is 6. The number of hydrogen-bond donors (Lipinski definition) is 2. The zero-order valence-corrected chi connectivity index (χ0v) is 20.7. The topological polar surface area (TPSA) is 116 Å². The first-order chi connectivity index (χ1) is 16.1. The Bertz CT molecular complexity index is 1130. The number of likely N-dealkylation sites (N-methyl/N-ethyl adjacent to an activating group) is 1. The molecule has 1 aliphatic heterocycles. The van der Waals surface area contributed by atoms with E-state index >= 15 is 0 Å². The monoisotopic (exact) mass is 488 g/mol. The fraction of sp³-hybridized carbons (Fsp3) is 0.500. The molecule has 1 aromatic carbocycles. The molecule has 1 aliphatic rings. The van der Waals surface area contributed by atoms with Crippen molar-refractivity contribution in [2.45, 2.75) is 50.5 Å². The molecule has 0 unspecified atom stereocenters. The average Bonchev–Trinajstić information content (AvgIpc) is 2.80. The van der Waals surface area contributed by atoms with Gasteiger partial charge in [0.1, 0.15) is 29.2 Å². The van der Waals surface area contributed by atoms with Gasteiger partial charge in [-0.25, -0.2) is 18.4 Å². The van der Waals surface area contributed by atoms with E-state index in [9.17, 15) is 18.6 Å². The highest BCUT2D eigenvalue weighted by Gasteiger charge is 2.38. The van der Waals surface area contributed by atoms with Gasteiger partial charge in [0.05, 0.1) is 6.61 Å². The van der Waals surface area contributed by atoms with Crippen LogP contribution in [0.3, 0.4) is 0 Å². The first-order valence-corrected chi connectivity index (χ1v) is 12.6. The Morgan fingerprint density at radius 3 is 2.65 bits per heavy atom. The lowest BCUT2D eigenvalue weighted by Gasteiger charge is -2.37. The minimum atomic E-state index is -3.91. The molecule has 2 N–H and O–H groups in total. The minimum absolute atomic E-state index is 0.0337. The summed E-state index contributed by atoms with van der Waals surface area (Å²) in [5.74, 6) is 5.56. The number of aliphatic hydroxyl groups excluding tert-OH is 2. The maximum atomic E-state index is 13.5. The smallest absolute Gasteiger partial charge is 0.247 e. The summed E-state index contributed by atoms with van der Waals surface area (Å²) in [6.45, 7) is 6.24. The summed E-state index contributed by atoms with van der Waals surface area (Å²) in [5.41, 5.74) is 1.50. The highest BCUT2D eigenvalue weighted by atomic mass is 32.2. The number of benzene rings is 1. The molecule has 184 valence electrons. The molecule has 2 heterocycles. The zero-order chi connectivity index (χ0) is 24.9. The van der Waals surface area contributed by atoms with Crippen LogP contribution < -0.4 is 4.74 Å². The number of nitrogens with zero attached hydrogens (tertiary/aromatic N) is 4. The summed E-state index contributed by atoms with van der Waals surface area (Å²) in [6.07, 6.45) is 3.85. The molecule has 0 fully saturated rings. The van der Waals surface area contributed by atoms with E-state index in [4.69, 9.17) is 4.74 Å². The number of hydrogen-bond acceptors (Lipinski definition) is 8. The maximum Gasteiger partial charge on any atom is 0.247 e. The van der Waals surface area contributed by atoms with Crippen molar-refractivity contribution >= 4 is 10.0 Å². The van der Waals surface area contributed by atoms with E-state index in [-0.39, 0.29) is 35.8 Å². The molecular formula is C24H32N4O5S. The SMILES string of the molecule is C[C@H](O)C#Cc1ccc2c(c1)O[C@@H](CN(C)Cc1cncnc1)[C@H](C)CN([C@H](C)CO)S2(=O)=O. The lowest BCUT2D eigenvalue weighted by molar-refractivity contribution is 0.0733. The summed E-state index contributed by atoms with van der Waals surface area (Å²) in [5, 5.41) is 19.2. The third-order valence-corrected chi connectivity index (χ3v) is 7.67. The van der Waals surface area contributed by atoms with Crippen molar-refractivity contribution in [1.29, 1.82) is 0 Å². The van der Waals surface area contributed by atoms with Crippen molar-refractivity contribution in [1.82, 2.24) is 19.2 Å². The van der Waals surface area contributed by atoms with E-state index in [0.717, 1.165) is 5.56 Å². The van der Waals surface area contributed by atoms with Crippen LogP contribution in [0.4, 0.5) is 0 Å². The van der Waals surface area contributed by atoms with Crippen molar-refractivity contribution < 1.29 is 23.4 Å². The Labute approximate surface area is 201 Å². The molecule has 0 aliphatic carbocycles. The van der Waals surface area contributed by atoms with Crippen molar-refractivity contribution in [3.05, 3.63) is 48.0 Å². The number of aromatic nitrogens is 2. The van der Waals surface area contributed by atoms with Crippen LogP contribution in [-0.2, 0) is 16.6 Å². The fourth-order valence-corrected chi connectivity index (χ4v) is 5.63. The minimum Gasteiger partial charge on any atom is -0.487 e. The van der Waals surface area contributed by atoms with E-state index in [1.54, 1.807) is 38.4 Å². The fourth-order valence-electron chi connectivity index (χ4n) is 3.80. The van der Waals surface area contributed by atoms with Gasteiger partial charge < -0.3 is 14.9 Å². The van der Waals surface area contributed by atoms with Crippen molar-refractivity contribution in [3.8, 4) is 17.6 Å². The highest BCUT2D eigenvalue weighted by molar-refractivity contribution is 7.89. The Hall–Kier alpha value is -2.55. The normalized spacial score (nSPS) is 21.9. The van der Waals surface area contributed by atoms with Crippen LogP contribution in [0.25, 0.3) is 0 Å². The van der Waals surface area contributed by atoms with Crippen molar-refractivity contribution in [3.63, 3.8) is 0 Å². The van der Waals surface area contributed by atoms with Gasteiger partial charge in [-0.3, -0.25) is 4.90 Å². The molecule has 0 saturated heterocycles. The summed E-state index contributed by atoms with van der Waals surface area (Å²) in [7, 11) is -1.96. The van der Waals surface area contributed by atoms with E-state index in [2.05, 4.69) is 26.7 Å². The van der Waals surface area contributed by atoms with Gasteiger partial charge in [-0.2, -0.15) is 4.31 Å². The molecule has 9 nitrogen and oxygen atoms in total. The largest absolute Gasteiger partial charge is 0.487 e. The molecule has 1 aromatic heterocycles. The molecule has 0 amide bonds. The van der Waals surface area contributed by atoms with E-state index in [1.165, 1.54) is 16.7 Å². The lowest BCUT2D eigenvalue weighted by Crippen LogP contribution is -2.49. The molecule has 3 rings (SSSR count). The Morgan fingerprint density at radius 2 is 2.00 bits per heavy atom. The average molecular weight is 489 g/mol. The van der Waals surface area contributed by atoms with Gasteiger partial charge in [-0.15, -0.1) is 0 Å². The van der Waals surface area contributed by atoms with Gasteiger partial charge >= 0.3 is 0 Å². The second-order valence-electron chi connectivity index (χ2n) is 8.79. The van der Waals surface area contributed by atoms with Crippen molar-refractivity contribution in [2.75, 3.05) is 26.7 Å². The molecule has 10 heteroatoms. The molecule has 0 bridgehead atoms. The van der Waals surface area contributed by atoms with Crippen LogP contribution in [0.15, 0.2) is 41.8 Å². The first kappa shape index (κ1) is 26.1. The maximum absolute atomic E-state index is 13.5. The summed E-state index contributed by atoms with van der Waals surface area (Å²) in [4.78, 5) is 10.2. The second kappa shape index (κ2) is 11.3. The standard InChI is InChI=1S/C24H32N4O5S/c1-17-12-28(18(2)15-29)34(31,32)24-8-7-20(6-5-19(3)30)9-22(24)33-23(17)14-27(4)13-21-10-25-16-26-11-21/h7-11,16-19,23,29-30H,12-15H2,1-4H3/t17-,18-,19+,23+/m1/s1. The molecule has 34 heavy (non-hydrogen) atoms. The first-order valence-electron chi connectivity index (χ1n) is 11.2. The molecular weight excluding hydrogens is 456 g/mol. The summed E-state index contributed by atoms with van der Waals surface area (Å²) >= 11 is 0. The van der Waals surface area contributed by atoms with Gasteiger partial charge in [-0.1, -0.05) is 18.8 Å². The number of ether oxygens (including phenoxy) is 1. The van der Waals surface area contributed by atoms with Crippen molar-refractivity contribution in [2.24, 2.45) is 5.92 Å². The van der Waals surface area contributed by atoms with Gasteiger partial charge in [0, 0.05) is 55.1 Å². The molecule has 4 atom stereocenters. The van der Waals surface area contributed by atoms with Crippen LogP contribution in [0, 0.1) is 17.8 Å². The Kier molecular flexibility index (Phi) is 8.62. The Balaban J connectivity index is 1.99. The number of fused-ring (bicyclic) bond motifs is 1. The quantitative estimate of drug-likeness (QED) is 0.581. The predicted molar refractivity (Wildman–Crippen MR) is 127 cm³/mol. The molecule has 0 spiro atoms. The Morgan fingerprint density at radius 1 is 1.29 bits per heavy atom. The van der Waals surface area contributed by atoms with E-state index < -0.39 is 22.2 Å². The molecule has 2 aromatic rings. The van der Waals surface area contributed by atoms with Gasteiger partial charge in [0.25, 0.3) is 0 Å². The van der Waals surface area contributed by atoms with Gasteiger partial charge in [-0.05, 0) is 39.1 Å². The summed E-state index contributed by atoms with van der Waals surface area (Å²) < 4.78 is 34.7. The highest BCUT2D eigenvalue weighted by Crippen LogP contribution is 2.34. The number of aliphatic hydroxyl groups is 2. The summed E-state index contributed by atoms with van der Waals surface area (Å²) in [6, 6.07) is 4.08. The van der Waals surface area contributed by atoms with Gasteiger partial charge in [0.15, 0.2) is 0 Å². The van der Waals surface area contributed by atoms with Crippen LogP contribution in [0.2, 0.25) is 0 Å². The van der Waals surface area contributed by atoms with Crippen LogP contribution in [0.5, 0.6) is 5.75 Å². The predicted octanol–water partition coefficient (Wildman–Crippen LogP) is 1.11. The lowest BCUT2D eigenvalue weighted by atomic mass is 10.0. The zero-order valence-electron chi connectivity index (χ0n) is 19.9. The van der Waals surface area contributed by atoms with Crippen LogP contribution >= 0.6 is 0 Å². The molecule has 0 radical (unpaired) electrons. The third-order valence-electron chi connectivity index (χ3n) is 5.65. The third kappa shape index (κ3) is 6.31. The second-order valence-corrected chi connectivity index (χ2v) is 10.6. The van der Waals surface area contributed by atoms with Gasteiger partial charge in [0.2, 0.25) is 10.0 Å². The number of sulfonamides is 1. The van der Waals surface area contributed by atoms with Crippen LogP contribution in [-0.4, -0.2) is 82.8 Å². The van der Waals surface area contributed by atoms with Crippen LogP contribution in [0.1, 0.15) is 31.9 Å². The van der Waals surface area contributed by atoms with E-state index in [0.29, 0.717) is 18.7 Å². The van der Waals surface area contributed by atoms with E-state index in [1.807, 2.05) is 14.0 Å².